The molecule has 1 amide bonds. The number of carbonyl (C=O) groups excluding carboxylic acids is 1. The topological polar surface area (TPSA) is 71.7 Å². The molecule has 1 aromatic heterocycles. The molecule has 186 valence electrons. The second kappa shape index (κ2) is 9.17. The zero-order valence-corrected chi connectivity index (χ0v) is 20.3. The number of carbonyl (C=O) groups is 1. The maximum absolute atomic E-state index is 13.9. The van der Waals surface area contributed by atoms with Crippen molar-refractivity contribution in [3.63, 3.8) is 0 Å². The van der Waals surface area contributed by atoms with Gasteiger partial charge in [0.1, 0.15) is 11.6 Å². The Morgan fingerprint density at radius 3 is 2.86 bits per heavy atom. The van der Waals surface area contributed by atoms with Gasteiger partial charge in [-0.1, -0.05) is 29.4 Å². The number of likely N-dealkylation sites (tertiary alicyclic amines) is 1. The van der Waals surface area contributed by atoms with E-state index in [1.54, 1.807) is 23.1 Å². The Labute approximate surface area is 209 Å². The van der Waals surface area contributed by atoms with Crippen molar-refractivity contribution in [2.24, 2.45) is 0 Å². The summed E-state index contributed by atoms with van der Waals surface area (Å²) in [6.07, 6.45) is 7.47. The van der Waals surface area contributed by atoms with Gasteiger partial charge in [-0.2, -0.15) is 4.98 Å². The second-order valence-corrected chi connectivity index (χ2v) is 10.1. The number of nitrogens with zero attached hydrogens (tertiary/aromatic N) is 4. The van der Waals surface area contributed by atoms with E-state index in [0.29, 0.717) is 17.5 Å². The van der Waals surface area contributed by atoms with Crippen molar-refractivity contribution in [3.05, 3.63) is 83.8 Å². The molecule has 0 radical (unpaired) electrons. The van der Waals surface area contributed by atoms with Gasteiger partial charge < -0.3 is 9.26 Å². The maximum Gasteiger partial charge on any atom is 0.264 e. The third-order valence-electron chi connectivity index (χ3n) is 7.45. The Morgan fingerprint density at radius 1 is 1.19 bits per heavy atom. The van der Waals surface area contributed by atoms with Gasteiger partial charge in [0.25, 0.3) is 11.8 Å². The molecule has 2 atom stereocenters. The van der Waals surface area contributed by atoms with Crippen molar-refractivity contribution < 1.29 is 18.4 Å². The summed E-state index contributed by atoms with van der Waals surface area (Å²) in [5.74, 6) is 2.08. The first-order chi connectivity index (χ1) is 17.5. The number of piperidine rings is 1. The molecule has 1 aliphatic carbocycles. The number of benzene rings is 2. The Balaban J connectivity index is 1.10. The van der Waals surface area contributed by atoms with Gasteiger partial charge in [0.05, 0.1) is 5.54 Å². The zero-order valence-electron chi connectivity index (χ0n) is 20.3. The molecular weight excluding hydrogens is 459 g/mol. The Kier molecular flexibility index (Phi) is 5.84. The lowest BCUT2D eigenvalue weighted by Gasteiger charge is -2.47. The summed E-state index contributed by atoms with van der Waals surface area (Å²) in [4.78, 5) is 21.4. The van der Waals surface area contributed by atoms with Crippen LogP contribution in [-0.4, -0.2) is 39.1 Å². The van der Waals surface area contributed by atoms with Gasteiger partial charge in [0.2, 0.25) is 0 Å². The molecule has 7 nitrogen and oxygen atoms in total. The number of aromatic nitrogens is 2. The van der Waals surface area contributed by atoms with E-state index < -0.39 is 5.54 Å². The van der Waals surface area contributed by atoms with Crippen LogP contribution in [0.4, 0.5) is 10.1 Å². The molecule has 1 saturated carbocycles. The number of halogens is 1. The molecule has 0 N–H and O–H groups in total. The van der Waals surface area contributed by atoms with Crippen LogP contribution in [-0.2, 0) is 17.9 Å². The van der Waals surface area contributed by atoms with Gasteiger partial charge in [0.15, 0.2) is 12.4 Å². The minimum Gasteiger partial charge on any atom is -0.484 e. The van der Waals surface area contributed by atoms with Crippen molar-refractivity contribution in [2.75, 3.05) is 11.4 Å². The van der Waals surface area contributed by atoms with Crippen LogP contribution in [0.2, 0.25) is 0 Å². The molecule has 2 unspecified atom stereocenters. The maximum atomic E-state index is 13.9. The summed E-state index contributed by atoms with van der Waals surface area (Å²) >= 11 is 0. The molecule has 2 aromatic carbocycles. The van der Waals surface area contributed by atoms with Crippen LogP contribution in [0.5, 0.6) is 5.75 Å². The largest absolute Gasteiger partial charge is 0.484 e. The predicted octanol–water partition coefficient (Wildman–Crippen LogP) is 4.99. The molecule has 8 heteroatoms. The summed E-state index contributed by atoms with van der Waals surface area (Å²) in [6, 6.07) is 14.6. The highest BCUT2D eigenvalue weighted by atomic mass is 19.1. The number of rotatable bonds is 7. The first-order valence-electron chi connectivity index (χ1n) is 12.6. The molecule has 3 heterocycles. The zero-order chi connectivity index (χ0) is 24.7. The third kappa shape index (κ3) is 4.53. The molecule has 6 rings (SSSR count). The minimum absolute atomic E-state index is 0.0865. The molecule has 1 spiro atoms. The second-order valence-electron chi connectivity index (χ2n) is 10.1. The van der Waals surface area contributed by atoms with E-state index in [1.165, 1.54) is 12.1 Å². The highest BCUT2D eigenvalue weighted by molar-refractivity contribution is 6.06. The standard InChI is InChI=1S/C28H29FN4O3/c1-19-16-28(11-10-26(34)33(28)23-6-3-5-22(29)15-23)12-13-32(19)17-20-4-2-7-24(14-20)35-18-25-30-27(31-36-25)21-8-9-21/h2-7,10-11,14-15,19,21H,8-9,12-13,16-18H2,1H3. The summed E-state index contributed by atoms with van der Waals surface area (Å²) in [5, 5.41) is 4.04. The van der Waals surface area contributed by atoms with E-state index >= 15 is 0 Å². The Bertz CT molecular complexity index is 1300. The lowest BCUT2D eigenvalue weighted by atomic mass is 9.82. The van der Waals surface area contributed by atoms with Gasteiger partial charge >= 0.3 is 0 Å². The lowest BCUT2D eigenvalue weighted by molar-refractivity contribution is -0.114. The summed E-state index contributed by atoms with van der Waals surface area (Å²) < 4.78 is 25.1. The molecular formula is C28H29FN4O3. The normalized spacial score (nSPS) is 24.1. The van der Waals surface area contributed by atoms with Gasteiger partial charge in [-0.3, -0.25) is 14.6 Å². The Hall–Kier alpha value is -3.52. The molecule has 1 saturated heterocycles. The molecule has 2 aliphatic heterocycles. The van der Waals surface area contributed by atoms with Crippen molar-refractivity contribution in [3.8, 4) is 5.75 Å². The van der Waals surface area contributed by atoms with Gasteiger partial charge in [-0.05, 0) is 68.5 Å². The van der Waals surface area contributed by atoms with Crippen LogP contribution < -0.4 is 9.64 Å². The van der Waals surface area contributed by atoms with E-state index in [9.17, 15) is 9.18 Å². The molecule has 0 bridgehead atoms. The van der Waals surface area contributed by atoms with E-state index in [-0.39, 0.29) is 24.4 Å². The number of anilines is 1. The van der Waals surface area contributed by atoms with Gasteiger partial charge in [-0.15, -0.1) is 0 Å². The molecule has 36 heavy (non-hydrogen) atoms. The van der Waals surface area contributed by atoms with E-state index in [1.807, 2.05) is 24.3 Å². The number of hydrogen-bond acceptors (Lipinski definition) is 6. The fourth-order valence-corrected chi connectivity index (χ4v) is 5.43. The first kappa shape index (κ1) is 22.9. The van der Waals surface area contributed by atoms with E-state index in [0.717, 1.165) is 55.9 Å². The number of hydrogen-bond donors (Lipinski definition) is 0. The van der Waals surface area contributed by atoms with Crippen LogP contribution in [0, 0.1) is 5.82 Å². The predicted molar refractivity (Wildman–Crippen MR) is 132 cm³/mol. The molecule has 3 aliphatic rings. The van der Waals surface area contributed by atoms with E-state index in [2.05, 4.69) is 28.0 Å². The highest BCUT2D eigenvalue weighted by Gasteiger charge is 2.46. The fourth-order valence-electron chi connectivity index (χ4n) is 5.43. The lowest BCUT2D eigenvalue weighted by Crippen LogP contribution is -2.56. The van der Waals surface area contributed by atoms with Crippen molar-refractivity contribution >= 4 is 11.6 Å². The average molecular weight is 489 g/mol. The van der Waals surface area contributed by atoms with Crippen LogP contribution in [0.3, 0.4) is 0 Å². The van der Waals surface area contributed by atoms with Gasteiger partial charge in [-0.25, -0.2) is 4.39 Å². The van der Waals surface area contributed by atoms with Crippen LogP contribution >= 0.6 is 0 Å². The Morgan fingerprint density at radius 2 is 2.06 bits per heavy atom. The van der Waals surface area contributed by atoms with E-state index in [4.69, 9.17) is 9.26 Å². The summed E-state index contributed by atoms with van der Waals surface area (Å²) in [7, 11) is 0. The van der Waals surface area contributed by atoms with Gasteiger partial charge in [0, 0.05) is 36.8 Å². The number of ether oxygens (including phenoxy) is 1. The van der Waals surface area contributed by atoms with Crippen LogP contribution in [0.25, 0.3) is 0 Å². The number of amides is 1. The molecule has 3 aromatic rings. The average Bonchev–Trinajstić information content (AvgIpc) is 3.53. The first-order valence-corrected chi connectivity index (χ1v) is 12.6. The molecule has 2 fully saturated rings. The SMILES string of the molecule is CC1CC2(C=CC(=O)N2c2cccc(F)c2)CCN1Cc1cccc(OCc2nc(C3CC3)no2)c1. The van der Waals surface area contributed by atoms with Crippen molar-refractivity contribution in [1.29, 1.82) is 0 Å². The fraction of sp³-hybridized carbons (Fsp3) is 0.393. The monoisotopic (exact) mass is 488 g/mol. The van der Waals surface area contributed by atoms with Crippen LogP contribution in [0.1, 0.15) is 55.8 Å². The van der Waals surface area contributed by atoms with Crippen molar-refractivity contribution in [1.82, 2.24) is 15.0 Å². The quantitative estimate of drug-likeness (QED) is 0.467. The van der Waals surface area contributed by atoms with Crippen LogP contribution in [0.15, 0.2) is 65.2 Å². The summed E-state index contributed by atoms with van der Waals surface area (Å²) in [6.45, 7) is 4.04. The van der Waals surface area contributed by atoms with Crippen molar-refractivity contribution in [2.45, 2.75) is 63.3 Å². The summed E-state index contributed by atoms with van der Waals surface area (Å²) in [5.41, 5.74) is 1.34. The highest BCUT2D eigenvalue weighted by Crippen LogP contribution is 2.41. The minimum atomic E-state index is -0.421. The smallest absolute Gasteiger partial charge is 0.264 e. The third-order valence-corrected chi connectivity index (χ3v) is 7.45.